The molecule has 0 unspecified atom stereocenters. The van der Waals surface area contributed by atoms with Crippen LogP contribution in [0.3, 0.4) is 0 Å². The van der Waals surface area contributed by atoms with Crippen LogP contribution < -0.4 is 80.2 Å². The molecule has 0 bridgehead atoms. The molecule has 0 aromatic heterocycles. The number of carbonyl (C=O) groups is 2. The number of hydrogen-bond donors (Lipinski definition) is 2. The summed E-state index contributed by atoms with van der Waals surface area (Å²) in [4.78, 5) is 22.4. The third-order valence-electron chi connectivity index (χ3n) is 2.75. The molecule has 0 aliphatic carbocycles. The zero-order chi connectivity index (χ0) is 17.4. The SMILES string of the molecule is O=C([O-])C(=N\Nc1ccccc1)/C(=N/Nc1ccccc1)C(=O)[O-].[Na+].[Na+]. The van der Waals surface area contributed by atoms with Gasteiger partial charge < -0.3 is 19.8 Å². The van der Waals surface area contributed by atoms with Crippen LogP contribution in [-0.4, -0.2) is 23.4 Å². The van der Waals surface area contributed by atoms with Gasteiger partial charge in [-0.3, -0.25) is 10.9 Å². The maximum absolute atomic E-state index is 11.2. The van der Waals surface area contributed by atoms with E-state index >= 15 is 0 Å². The molecule has 8 nitrogen and oxygen atoms in total. The molecule has 0 saturated carbocycles. The summed E-state index contributed by atoms with van der Waals surface area (Å²) in [5.41, 5.74) is 3.98. The first-order valence-electron chi connectivity index (χ1n) is 6.78. The second-order valence-corrected chi connectivity index (χ2v) is 4.45. The molecule has 0 heterocycles. The average molecular weight is 370 g/mol. The Balaban J connectivity index is 0.00000312. The molecule has 2 rings (SSSR count). The molecule has 0 radical (unpaired) electrons. The normalized spacial score (nSPS) is 10.8. The Bertz CT molecular complexity index is 716. The van der Waals surface area contributed by atoms with E-state index in [-0.39, 0.29) is 59.1 Å². The third-order valence-corrected chi connectivity index (χ3v) is 2.75. The quantitative estimate of drug-likeness (QED) is 0.283. The zero-order valence-corrected chi connectivity index (χ0v) is 18.3. The summed E-state index contributed by atoms with van der Waals surface area (Å²) in [6.45, 7) is 0. The molecule has 2 N–H and O–H groups in total. The van der Waals surface area contributed by atoms with Gasteiger partial charge >= 0.3 is 59.1 Å². The van der Waals surface area contributed by atoms with Crippen LogP contribution in [0.1, 0.15) is 0 Å². The van der Waals surface area contributed by atoms with Crippen molar-refractivity contribution < 1.29 is 78.9 Å². The summed E-state index contributed by atoms with van der Waals surface area (Å²) >= 11 is 0. The number of hydrazone groups is 2. The minimum absolute atomic E-state index is 0. The van der Waals surface area contributed by atoms with Gasteiger partial charge in [0.25, 0.3) is 0 Å². The van der Waals surface area contributed by atoms with Crippen LogP contribution in [0, 0.1) is 0 Å². The Labute approximate surface area is 194 Å². The van der Waals surface area contributed by atoms with Crippen LogP contribution >= 0.6 is 0 Å². The summed E-state index contributed by atoms with van der Waals surface area (Å²) in [7, 11) is 0. The van der Waals surface area contributed by atoms with Gasteiger partial charge in [-0.1, -0.05) is 36.4 Å². The van der Waals surface area contributed by atoms with E-state index in [1.165, 1.54) is 0 Å². The molecule has 10 heteroatoms. The second kappa shape index (κ2) is 12.6. The van der Waals surface area contributed by atoms with Crippen molar-refractivity contribution in [2.24, 2.45) is 10.2 Å². The Morgan fingerprint density at radius 2 is 0.962 bits per heavy atom. The molecular weight excluding hydrogens is 358 g/mol. The van der Waals surface area contributed by atoms with Crippen molar-refractivity contribution >= 4 is 34.7 Å². The van der Waals surface area contributed by atoms with Gasteiger partial charge in [0.15, 0.2) is 0 Å². The van der Waals surface area contributed by atoms with Crippen molar-refractivity contribution in [1.29, 1.82) is 0 Å². The molecule has 26 heavy (non-hydrogen) atoms. The monoisotopic (exact) mass is 370 g/mol. The van der Waals surface area contributed by atoms with Gasteiger partial charge in [-0.25, -0.2) is 0 Å². The fourth-order valence-electron chi connectivity index (χ4n) is 1.66. The molecule has 122 valence electrons. The van der Waals surface area contributed by atoms with Crippen molar-refractivity contribution in [3.63, 3.8) is 0 Å². The van der Waals surface area contributed by atoms with Crippen molar-refractivity contribution in [2.45, 2.75) is 0 Å². The Morgan fingerprint density at radius 1 is 0.654 bits per heavy atom. The van der Waals surface area contributed by atoms with E-state index in [2.05, 4.69) is 21.1 Å². The first kappa shape index (κ1) is 24.3. The molecule has 0 fully saturated rings. The Morgan fingerprint density at radius 3 is 1.23 bits per heavy atom. The molecule has 0 aliphatic heterocycles. The smallest absolute Gasteiger partial charge is 0.543 e. The summed E-state index contributed by atoms with van der Waals surface area (Å²) < 4.78 is 0. The van der Waals surface area contributed by atoms with E-state index in [0.717, 1.165) is 0 Å². The fraction of sp³-hybridized carbons (Fsp3) is 0. The predicted molar refractivity (Wildman–Crippen MR) is 85.0 cm³/mol. The number of para-hydroxylation sites is 2. The number of nitrogens with zero attached hydrogens (tertiary/aromatic N) is 2. The molecule has 0 amide bonds. The zero-order valence-electron chi connectivity index (χ0n) is 14.3. The van der Waals surface area contributed by atoms with E-state index in [0.29, 0.717) is 11.4 Å². The van der Waals surface area contributed by atoms with Gasteiger partial charge in [0.2, 0.25) is 0 Å². The van der Waals surface area contributed by atoms with Crippen molar-refractivity contribution in [2.75, 3.05) is 10.9 Å². The number of aliphatic carboxylic acids is 2. The van der Waals surface area contributed by atoms with Gasteiger partial charge in [0, 0.05) is 0 Å². The van der Waals surface area contributed by atoms with E-state index in [4.69, 9.17) is 0 Å². The maximum atomic E-state index is 11.2. The number of hydrogen-bond acceptors (Lipinski definition) is 8. The van der Waals surface area contributed by atoms with Crippen molar-refractivity contribution in [3.8, 4) is 0 Å². The molecule has 0 saturated heterocycles. The van der Waals surface area contributed by atoms with Crippen LogP contribution in [0.2, 0.25) is 0 Å². The molecule has 2 aromatic rings. The maximum Gasteiger partial charge on any atom is 1.00 e. The molecule has 0 spiro atoms. The largest absolute Gasteiger partial charge is 1.00 e. The first-order chi connectivity index (χ1) is 11.6. The predicted octanol–water partition coefficient (Wildman–Crippen LogP) is -6.57. The molecule has 2 aromatic carbocycles. The number of carboxylic acids is 2. The van der Waals surface area contributed by atoms with Gasteiger partial charge in [0.1, 0.15) is 11.4 Å². The molecule has 0 aliphatic rings. The van der Waals surface area contributed by atoms with Gasteiger partial charge in [0.05, 0.1) is 23.3 Å². The number of benzene rings is 2. The first-order valence-corrected chi connectivity index (χ1v) is 6.78. The number of nitrogens with one attached hydrogen (secondary N) is 2. The van der Waals surface area contributed by atoms with Gasteiger partial charge in [-0.15, -0.1) is 0 Å². The Hall–Kier alpha value is -1.68. The van der Waals surface area contributed by atoms with Crippen LogP contribution in [0.15, 0.2) is 70.9 Å². The van der Waals surface area contributed by atoms with Gasteiger partial charge in [-0.05, 0) is 24.3 Å². The van der Waals surface area contributed by atoms with Crippen LogP contribution in [0.4, 0.5) is 11.4 Å². The van der Waals surface area contributed by atoms with E-state index in [1.807, 2.05) is 0 Å². The molecule has 0 atom stereocenters. The minimum atomic E-state index is -1.81. The van der Waals surface area contributed by atoms with Gasteiger partial charge in [-0.2, -0.15) is 10.2 Å². The Kier molecular flexibility index (Phi) is 11.8. The van der Waals surface area contributed by atoms with Crippen molar-refractivity contribution in [3.05, 3.63) is 60.7 Å². The summed E-state index contributed by atoms with van der Waals surface area (Å²) in [6.07, 6.45) is 0. The van der Waals surface area contributed by atoms with E-state index < -0.39 is 23.4 Å². The standard InChI is InChI=1S/C16H14N4O4.2Na/c21-15(22)13(19-17-11-7-3-1-4-8-11)14(16(23)24)20-18-12-9-5-2-6-10-12;;/h1-10,17-18H,(H,21,22)(H,23,24);;/q;2*+1/p-2/b19-13-,20-14-;;. The van der Waals surface area contributed by atoms with Crippen LogP contribution in [0.5, 0.6) is 0 Å². The second-order valence-electron chi connectivity index (χ2n) is 4.45. The fourth-order valence-corrected chi connectivity index (χ4v) is 1.66. The number of rotatable bonds is 7. The van der Waals surface area contributed by atoms with Crippen LogP contribution in [0.25, 0.3) is 0 Å². The topological polar surface area (TPSA) is 129 Å². The van der Waals surface area contributed by atoms with Crippen molar-refractivity contribution in [1.82, 2.24) is 0 Å². The molecular formula is C16H12N4Na2O4. The minimum Gasteiger partial charge on any atom is -0.543 e. The van der Waals surface area contributed by atoms with E-state index in [9.17, 15) is 19.8 Å². The van der Waals surface area contributed by atoms with E-state index in [1.54, 1.807) is 60.7 Å². The number of carboxylic acid groups (broad SMARTS) is 2. The third kappa shape index (κ3) is 7.69. The summed E-state index contributed by atoms with van der Waals surface area (Å²) in [5, 5.41) is 29.5. The summed E-state index contributed by atoms with van der Waals surface area (Å²) in [6, 6.07) is 16.8. The van der Waals surface area contributed by atoms with Crippen LogP contribution in [-0.2, 0) is 9.59 Å². The number of carbonyl (C=O) groups excluding carboxylic acids is 2. The average Bonchev–Trinajstić information content (AvgIpc) is 2.59. The number of anilines is 2. The summed E-state index contributed by atoms with van der Waals surface area (Å²) in [5.74, 6) is -3.62.